The molecular weight excluding hydrogens is 470 g/mol. The number of benzene rings is 6. The van der Waals surface area contributed by atoms with Gasteiger partial charge in [-0.25, -0.2) is 0 Å². The van der Waals surface area contributed by atoms with Crippen LogP contribution in [0.1, 0.15) is 22.6 Å². The Balaban J connectivity index is 1.42. The Morgan fingerprint density at radius 3 is 1.79 bits per heavy atom. The quantitative estimate of drug-likeness (QED) is 0.235. The van der Waals surface area contributed by atoms with Crippen LogP contribution in [0, 0.1) is 0 Å². The van der Waals surface area contributed by atoms with Crippen molar-refractivity contribution < 1.29 is 0 Å². The molecule has 0 amide bonds. The van der Waals surface area contributed by atoms with Gasteiger partial charge in [0.1, 0.15) is 0 Å². The van der Waals surface area contributed by atoms with E-state index in [0.717, 1.165) is 6.42 Å². The number of hydrogen-bond donors (Lipinski definition) is 0. The van der Waals surface area contributed by atoms with Gasteiger partial charge >= 0.3 is 0 Å². The Morgan fingerprint density at radius 2 is 1.05 bits per heavy atom. The smallest absolute Gasteiger partial charge is 0.0506 e. The topological polar surface area (TPSA) is 3.24 Å². The summed E-state index contributed by atoms with van der Waals surface area (Å²) >= 11 is 0. The van der Waals surface area contributed by atoms with E-state index in [1.54, 1.807) is 0 Å². The summed E-state index contributed by atoms with van der Waals surface area (Å²) in [5.74, 6) is 0.351. The lowest BCUT2D eigenvalue weighted by Crippen LogP contribution is -2.12. The van der Waals surface area contributed by atoms with Crippen molar-refractivity contribution in [3.8, 4) is 33.4 Å². The van der Waals surface area contributed by atoms with Crippen LogP contribution in [0.15, 0.2) is 146 Å². The summed E-state index contributed by atoms with van der Waals surface area (Å²) in [4.78, 5) is 2.51. The molecule has 6 aromatic carbocycles. The minimum absolute atomic E-state index is 0.351. The van der Waals surface area contributed by atoms with Gasteiger partial charge in [0.15, 0.2) is 0 Å². The van der Waals surface area contributed by atoms with E-state index in [-0.39, 0.29) is 0 Å². The molecule has 1 aliphatic carbocycles. The molecule has 0 saturated heterocycles. The summed E-state index contributed by atoms with van der Waals surface area (Å²) < 4.78 is 0. The highest BCUT2D eigenvalue weighted by Crippen LogP contribution is 2.55. The summed E-state index contributed by atoms with van der Waals surface area (Å²) in [6, 6.07) is 53.3. The zero-order valence-corrected chi connectivity index (χ0v) is 21.6. The molecule has 1 heteroatoms. The third kappa shape index (κ3) is 3.55. The fourth-order valence-corrected chi connectivity index (χ4v) is 6.63. The highest BCUT2D eigenvalue weighted by atomic mass is 15.2. The van der Waals surface area contributed by atoms with Gasteiger partial charge in [0.05, 0.1) is 5.69 Å². The first kappa shape index (κ1) is 22.1. The summed E-state index contributed by atoms with van der Waals surface area (Å²) in [5, 5.41) is 0. The fourth-order valence-electron chi connectivity index (χ4n) is 6.63. The molecular formula is C38H27N. The average molecular weight is 498 g/mol. The van der Waals surface area contributed by atoms with Gasteiger partial charge in [-0.1, -0.05) is 115 Å². The fraction of sp³-hybridized carbons (Fsp3) is 0.0526. The molecule has 1 unspecified atom stereocenters. The third-order valence-corrected chi connectivity index (χ3v) is 8.35. The first-order chi connectivity index (χ1) is 19.3. The number of anilines is 3. The van der Waals surface area contributed by atoms with Crippen LogP contribution >= 0.6 is 0 Å². The van der Waals surface area contributed by atoms with Crippen molar-refractivity contribution in [2.24, 2.45) is 0 Å². The minimum atomic E-state index is 0.351. The normalized spacial score (nSPS) is 14.8. The van der Waals surface area contributed by atoms with Crippen molar-refractivity contribution in [3.63, 3.8) is 0 Å². The lowest BCUT2D eigenvalue weighted by atomic mass is 9.90. The third-order valence-electron chi connectivity index (χ3n) is 8.35. The van der Waals surface area contributed by atoms with Gasteiger partial charge in [0, 0.05) is 17.3 Å². The van der Waals surface area contributed by atoms with Gasteiger partial charge in [-0.2, -0.15) is 0 Å². The van der Waals surface area contributed by atoms with Crippen LogP contribution in [-0.4, -0.2) is 0 Å². The molecule has 2 aliphatic rings. The molecule has 0 bridgehead atoms. The zero-order chi connectivity index (χ0) is 25.8. The van der Waals surface area contributed by atoms with E-state index in [0.29, 0.717) is 5.92 Å². The molecule has 0 saturated carbocycles. The molecule has 0 aromatic heterocycles. The second-order valence-electron chi connectivity index (χ2n) is 10.5. The lowest BCUT2D eigenvalue weighted by molar-refractivity contribution is 0.838. The molecule has 1 aliphatic heterocycles. The van der Waals surface area contributed by atoms with Crippen molar-refractivity contribution in [2.45, 2.75) is 12.3 Å². The largest absolute Gasteiger partial charge is 0.310 e. The second-order valence-corrected chi connectivity index (χ2v) is 10.5. The van der Waals surface area contributed by atoms with Gasteiger partial charge in [0.2, 0.25) is 0 Å². The van der Waals surface area contributed by atoms with E-state index in [4.69, 9.17) is 0 Å². The van der Waals surface area contributed by atoms with Crippen LogP contribution in [0.4, 0.5) is 17.1 Å². The van der Waals surface area contributed by atoms with Crippen LogP contribution in [0.2, 0.25) is 0 Å². The Kier molecular flexibility index (Phi) is 5.03. The molecule has 0 N–H and O–H groups in total. The first-order valence-electron chi connectivity index (χ1n) is 13.7. The maximum Gasteiger partial charge on any atom is 0.0506 e. The van der Waals surface area contributed by atoms with Gasteiger partial charge in [0.25, 0.3) is 0 Å². The summed E-state index contributed by atoms with van der Waals surface area (Å²) in [6.07, 6.45) is 0.998. The molecule has 0 fully saturated rings. The number of hydrogen-bond acceptors (Lipinski definition) is 1. The van der Waals surface area contributed by atoms with Crippen molar-refractivity contribution in [2.75, 3.05) is 4.90 Å². The second kappa shape index (κ2) is 8.85. The van der Waals surface area contributed by atoms with Crippen molar-refractivity contribution in [3.05, 3.63) is 162 Å². The van der Waals surface area contributed by atoms with Crippen molar-refractivity contribution in [1.82, 2.24) is 0 Å². The molecule has 1 nitrogen and oxygen atoms in total. The van der Waals surface area contributed by atoms with Gasteiger partial charge in [-0.3, -0.25) is 0 Å². The van der Waals surface area contributed by atoms with Gasteiger partial charge in [-0.05, 0) is 86.8 Å². The van der Waals surface area contributed by atoms with Crippen molar-refractivity contribution >= 4 is 17.1 Å². The first-order valence-corrected chi connectivity index (χ1v) is 13.7. The van der Waals surface area contributed by atoms with Crippen LogP contribution < -0.4 is 4.90 Å². The molecule has 0 spiro atoms. The molecule has 1 heterocycles. The number of fused-ring (bicyclic) bond motifs is 4. The van der Waals surface area contributed by atoms with E-state index < -0.39 is 0 Å². The van der Waals surface area contributed by atoms with E-state index in [2.05, 4.69) is 150 Å². The van der Waals surface area contributed by atoms with Crippen LogP contribution in [-0.2, 0) is 6.42 Å². The molecule has 39 heavy (non-hydrogen) atoms. The van der Waals surface area contributed by atoms with E-state index in [1.165, 1.54) is 67.1 Å². The Bertz CT molecular complexity index is 1780. The van der Waals surface area contributed by atoms with Crippen LogP contribution in [0.3, 0.4) is 0 Å². The summed E-state index contributed by atoms with van der Waals surface area (Å²) in [5.41, 5.74) is 15.6. The van der Waals surface area contributed by atoms with Crippen LogP contribution in [0.25, 0.3) is 33.4 Å². The Hall–Kier alpha value is -4.88. The number of para-hydroxylation sites is 1. The minimum Gasteiger partial charge on any atom is -0.310 e. The van der Waals surface area contributed by atoms with Gasteiger partial charge in [-0.15, -0.1) is 0 Å². The standard InChI is InChI=1S/C38H27N/c1-3-12-26(13-4-1)29-22-30(27-14-5-2-6-15-27)24-31(23-29)39-36-20-10-7-16-28(36)25-35-33-18-9-8-17-32(33)34-19-11-21-37(39)38(34)35/h1-24,35H,25H2. The average Bonchev–Trinajstić information content (AvgIpc) is 3.24. The molecule has 1 atom stereocenters. The maximum absolute atomic E-state index is 2.51. The van der Waals surface area contributed by atoms with E-state index >= 15 is 0 Å². The summed E-state index contributed by atoms with van der Waals surface area (Å²) in [7, 11) is 0. The Morgan fingerprint density at radius 1 is 0.462 bits per heavy atom. The highest BCUT2D eigenvalue weighted by Gasteiger charge is 2.36. The number of rotatable bonds is 3. The maximum atomic E-state index is 2.51. The molecule has 0 radical (unpaired) electrons. The summed E-state index contributed by atoms with van der Waals surface area (Å²) in [6.45, 7) is 0. The van der Waals surface area contributed by atoms with Crippen molar-refractivity contribution in [1.29, 1.82) is 0 Å². The predicted molar refractivity (Wildman–Crippen MR) is 163 cm³/mol. The molecule has 8 rings (SSSR count). The Labute approximate surface area is 229 Å². The predicted octanol–water partition coefficient (Wildman–Crippen LogP) is 10.2. The van der Waals surface area contributed by atoms with E-state index in [9.17, 15) is 0 Å². The lowest BCUT2D eigenvalue weighted by Gasteiger charge is -2.29. The van der Waals surface area contributed by atoms with Gasteiger partial charge < -0.3 is 4.90 Å². The number of nitrogens with zero attached hydrogens (tertiary/aromatic N) is 1. The molecule has 6 aromatic rings. The highest BCUT2D eigenvalue weighted by molar-refractivity contribution is 5.93. The SMILES string of the molecule is c1ccc(-c2cc(-c3ccccc3)cc(N3c4ccccc4CC4c5ccccc5-c5cccc3c54)c2)cc1. The zero-order valence-electron chi connectivity index (χ0n) is 21.6. The van der Waals surface area contributed by atoms with Crippen LogP contribution in [0.5, 0.6) is 0 Å². The molecule has 184 valence electrons. The monoisotopic (exact) mass is 497 g/mol. The van der Waals surface area contributed by atoms with E-state index in [1.807, 2.05) is 0 Å².